The first-order chi connectivity index (χ1) is 10.2. The minimum Gasteiger partial charge on any atom is -0.469 e. The van der Waals surface area contributed by atoms with Crippen molar-refractivity contribution >= 4 is 23.0 Å². The summed E-state index contributed by atoms with van der Waals surface area (Å²) in [6.07, 6.45) is 4.32. The fourth-order valence-corrected chi connectivity index (χ4v) is 3.10. The summed E-state index contributed by atoms with van der Waals surface area (Å²) < 4.78 is 6.72. The summed E-state index contributed by atoms with van der Waals surface area (Å²) in [6, 6.07) is 0.0329. The molecule has 1 fully saturated rings. The standard InChI is InChI=1S/C13H17N5O3/c1-21-13(20)9-3-8(2-7(9)4-19)18-6-17-10-11(14)15-5-16-12(10)18/h5-9,19H,2-4H2,1H3,(H2,14,15,16)/t7-,8+,9+/m0/s1. The van der Waals surface area contributed by atoms with Crippen molar-refractivity contribution in [1.29, 1.82) is 0 Å². The van der Waals surface area contributed by atoms with Crippen molar-refractivity contribution in [2.75, 3.05) is 19.5 Å². The van der Waals surface area contributed by atoms with Gasteiger partial charge in [0.15, 0.2) is 11.5 Å². The molecule has 0 aromatic carbocycles. The maximum Gasteiger partial charge on any atom is 0.309 e. The summed E-state index contributed by atoms with van der Waals surface area (Å²) in [6.45, 7) is -0.0416. The number of carbonyl (C=O) groups is 1. The Labute approximate surface area is 121 Å². The third kappa shape index (κ3) is 2.21. The highest BCUT2D eigenvalue weighted by molar-refractivity contribution is 5.81. The smallest absolute Gasteiger partial charge is 0.309 e. The largest absolute Gasteiger partial charge is 0.469 e. The van der Waals surface area contributed by atoms with Gasteiger partial charge in [-0.15, -0.1) is 0 Å². The van der Waals surface area contributed by atoms with E-state index in [2.05, 4.69) is 15.0 Å². The van der Waals surface area contributed by atoms with Gasteiger partial charge < -0.3 is 20.1 Å². The third-order valence-electron chi connectivity index (χ3n) is 4.19. The molecular weight excluding hydrogens is 274 g/mol. The van der Waals surface area contributed by atoms with Gasteiger partial charge in [-0.3, -0.25) is 4.79 Å². The monoisotopic (exact) mass is 291 g/mol. The van der Waals surface area contributed by atoms with Gasteiger partial charge in [0.25, 0.3) is 0 Å². The topological polar surface area (TPSA) is 116 Å². The van der Waals surface area contributed by atoms with Crippen LogP contribution in [-0.2, 0) is 9.53 Å². The highest BCUT2D eigenvalue weighted by Crippen LogP contribution is 2.41. The first-order valence-electron chi connectivity index (χ1n) is 6.77. The maximum atomic E-state index is 11.8. The molecule has 21 heavy (non-hydrogen) atoms. The van der Waals surface area contributed by atoms with Crippen LogP contribution >= 0.6 is 0 Å². The number of anilines is 1. The highest BCUT2D eigenvalue weighted by atomic mass is 16.5. The molecule has 0 aliphatic heterocycles. The molecule has 3 N–H and O–H groups in total. The van der Waals surface area contributed by atoms with Crippen molar-refractivity contribution in [1.82, 2.24) is 19.5 Å². The van der Waals surface area contributed by atoms with Gasteiger partial charge in [-0.2, -0.15) is 0 Å². The molecule has 1 aliphatic rings. The molecule has 3 atom stereocenters. The van der Waals surface area contributed by atoms with E-state index in [4.69, 9.17) is 10.5 Å². The minimum absolute atomic E-state index is 0.0329. The summed E-state index contributed by atoms with van der Waals surface area (Å²) in [4.78, 5) is 24.2. The number of rotatable bonds is 3. The average molecular weight is 291 g/mol. The lowest BCUT2D eigenvalue weighted by Crippen LogP contribution is -2.22. The zero-order valence-corrected chi connectivity index (χ0v) is 11.6. The van der Waals surface area contributed by atoms with E-state index in [0.29, 0.717) is 29.8 Å². The molecular formula is C13H17N5O3. The van der Waals surface area contributed by atoms with Gasteiger partial charge in [0.1, 0.15) is 11.8 Å². The van der Waals surface area contributed by atoms with Gasteiger partial charge in [-0.05, 0) is 18.8 Å². The Kier molecular flexibility index (Phi) is 3.46. The predicted molar refractivity (Wildman–Crippen MR) is 74.1 cm³/mol. The summed E-state index contributed by atoms with van der Waals surface area (Å²) in [5.74, 6) is -0.365. The van der Waals surface area contributed by atoms with Crippen molar-refractivity contribution in [2.24, 2.45) is 11.8 Å². The molecule has 2 heterocycles. The van der Waals surface area contributed by atoms with Crippen LogP contribution in [0.5, 0.6) is 0 Å². The summed E-state index contributed by atoms with van der Waals surface area (Å²) in [5.41, 5.74) is 6.98. The van der Waals surface area contributed by atoms with Crippen LogP contribution in [0.25, 0.3) is 11.2 Å². The lowest BCUT2D eigenvalue weighted by atomic mass is 9.97. The van der Waals surface area contributed by atoms with E-state index in [0.717, 1.165) is 0 Å². The fourth-order valence-electron chi connectivity index (χ4n) is 3.10. The van der Waals surface area contributed by atoms with Crippen LogP contribution in [0.15, 0.2) is 12.7 Å². The Morgan fingerprint density at radius 3 is 3.00 bits per heavy atom. The van der Waals surface area contributed by atoms with E-state index < -0.39 is 0 Å². The number of methoxy groups -OCH3 is 1. The number of aliphatic hydroxyl groups excluding tert-OH is 1. The highest BCUT2D eigenvalue weighted by Gasteiger charge is 2.40. The predicted octanol–water partition coefficient (Wildman–Crippen LogP) is 0.141. The fraction of sp³-hybridized carbons (Fsp3) is 0.538. The van der Waals surface area contributed by atoms with Gasteiger partial charge in [0, 0.05) is 12.6 Å². The molecule has 8 heteroatoms. The second-order valence-corrected chi connectivity index (χ2v) is 5.28. The lowest BCUT2D eigenvalue weighted by molar-refractivity contribution is -0.147. The van der Waals surface area contributed by atoms with Crippen molar-refractivity contribution in [2.45, 2.75) is 18.9 Å². The first-order valence-corrected chi connectivity index (χ1v) is 6.77. The quantitative estimate of drug-likeness (QED) is 0.772. The Bertz CT molecular complexity index is 671. The molecule has 2 aromatic rings. The molecule has 112 valence electrons. The summed E-state index contributed by atoms with van der Waals surface area (Å²) in [5, 5.41) is 9.48. The van der Waals surface area contributed by atoms with Crippen molar-refractivity contribution in [3.05, 3.63) is 12.7 Å². The number of ether oxygens (including phenoxy) is 1. The Hall–Kier alpha value is -2.22. The number of esters is 1. The van der Waals surface area contributed by atoms with Crippen LogP contribution in [0.3, 0.4) is 0 Å². The summed E-state index contributed by atoms with van der Waals surface area (Å²) >= 11 is 0. The van der Waals surface area contributed by atoms with E-state index in [1.54, 1.807) is 6.33 Å². The molecule has 1 aliphatic carbocycles. The van der Waals surface area contributed by atoms with Gasteiger partial charge in [-0.25, -0.2) is 15.0 Å². The molecule has 0 bridgehead atoms. The third-order valence-corrected chi connectivity index (χ3v) is 4.19. The Morgan fingerprint density at radius 1 is 1.48 bits per heavy atom. The molecule has 0 saturated heterocycles. The van der Waals surface area contributed by atoms with Crippen LogP contribution in [0, 0.1) is 11.8 Å². The van der Waals surface area contributed by atoms with Crippen LogP contribution in [-0.4, -0.2) is 44.3 Å². The number of nitrogens with two attached hydrogens (primary N) is 1. The summed E-state index contributed by atoms with van der Waals surface area (Å²) in [7, 11) is 1.37. The van der Waals surface area contributed by atoms with Crippen LogP contribution in [0.1, 0.15) is 18.9 Å². The maximum absolute atomic E-state index is 11.8. The van der Waals surface area contributed by atoms with E-state index in [1.807, 2.05) is 4.57 Å². The average Bonchev–Trinajstić information content (AvgIpc) is 3.10. The SMILES string of the molecule is COC(=O)[C@@H]1C[C@H](n2cnc3c(N)ncnc32)C[C@H]1CO. The van der Waals surface area contributed by atoms with Crippen molar-refractivity contribution < 1.29 is 14.6 Å². The number of fused-ring (bicyclic) bond motifs is 1. The van der Waals surface area contributed by atoms with E-state index in [9.17, 15) is 9.90 Å². The number of nitrogen functional groups attached to an aromatic ring is 1. The van der Waals surface area contributed by atoms with Gasteiger partial charge in [0.2, 0.25) is 0 Å². The first kappa shape index (κ1) is 13.7. The minimum atomic E-state index is -0.304. The number of aliphatic hydroxyl groups is 1. The zero-order valence-electron chi connectivity index (χ0n) is 11.6. The van der Waals surface area contributed by atoms with E-state index in [-0.39, 0.29) is 30.5 Å². The molecule has 8 nitrogen and oxygen atoms in total. The van der Waals surface area contributed by atoms with Crippen molar-refractivity contribution in [3.8, 4) is 0 Å². The van der Waals surface area contributed by atoms with Crippen molar-refractivity contribution in [3.63, 3.8) is 0 Å². The number of imidazole rings is 1. The Balaban J connectivity index is 1.93. The molecule has 2 aromatic heterocycles. The normalized spacial score (nSPS) is 25.3. The number of carbonyl (C=O) groups excluding carboxylic acids is 1. The van der Waals surface area contributed by atoms with Crippen LogP contribution in [0.2, 0.25) is 0 Å². The van der Waals surface area contributed by atoms with Crippen LogP contribution < -0.4 is 5.73 Å². The Morgan fingerprint density at radius 2 is 2.29 bits per heavy atom. The number of hydrogen-bond acceptors (Lipinski definition) is 7. The second-order valence-electron chi connectivity index (χ2n) is 5.28. The number of aromatic nitrogens is 4. The molecule has 0 spiro atoms. The lowest BCUT2D eigenvalue weighted by Gasteiger charge is -2.13. The van der Waals surface area contributed by atoms with E-state index >= 15 is 0 Å². The van der Waals surface area contributed by atoms with Gasteiger partial charge in [0.05, 0.1) is 19.4 Å². The van der Waals surface area contributed by atoms with Gasteiger partial charge in [-0.1, -0.05) is 0 Å². The number of nitrogens with zero attached hydrogens (tertiary/aromatic N) is 4. The molecule has 0 radical (unpaired) electrons. The van der Waals surface area contributed by atoms with E-state index in [1.165, 1.54) is 13.4 Å². The second kappa shape index (κ2) is 5.28. The molecule has 0 unspecified atom stereocenters. The van der Waals surface area contributed by atoms with Gasteiger partial charge >= 0.3 is 5.97 Å². The molecule has 0 amide bonds. The zero-order chi connectivity index (χ0) is 15.0. The van der Waals surface area contributed by atoms with Crippen LogP contribution in [0.4, 0.5) is 5.82 Å². The number of hydrogen-bond donors (Lipinski definition) is 2. The molecule has 3 rings (SSSR count). The molecule has 1 saturated carbocycles.